The number of nitrogens with zero attached hydrogens (tertiary/aromatic N) is 4. The Morgan fingerprint density at radius 1 is 0.784 bits per heavy atom. The average Bonchev–Trinajstić information content (AvgIpc) is 3.31. The van der Waals surface area contributed by atoms with E-state index in [1.807, 2.05) is 33.8 Å². The molecule has 10 nitrogen and oxygen atoms in total. The zero-order valence-electron chi connectivity index (χ0n) is 26.4. The van der Waals surface area contributed by atoms with Gasteiger partial charge in [-0.15, -0.1) is 0 Å². The monoisotopic (exact) mass is 1780 g/mol. The summed E-state index contributed by atoms with van der Waals surface area (Å²) in [6.07, 6.45) is 6.24. The Balaban J connectivity index is 0.000000253. The van der Waals surface area contributed by atoms with Crippen molar-refractivity contribution in [2.75, 3.05) is 0 Å². The molecule has 3 heterocycles. The molecule has 0 saturated carbocycles. The third-order valence-electron chi connectivity index (χ3n) is 6.61. The van der Waals surface area contributed by atoms with Crippen molar-refractivity contribution in [2.45, 2.75) is 38.9 Å². The molecule has 5 rings (SSSR count). The molecule has 0 aliphatic carbocycles. The van der Waals surface area contributed by atoms with E-state index in [0.717, 1.165) is 16.6 Å². The van der Waals surface area contributed by atoms with Crippen molar-refractivity contribution in [1.29, 1.82) is 0 Å². The molecular formula is C28H26BBrF2I9N4O6-. The standard InChI is InChI=1S/C13H16BFO4.C11H7FN2O2.C4H3BrN2.I9/c1-12(2)13(3,4)19-14(18-12)8-5-6-10(15)9(7-8)11(16)17;12-10-2-1-7(5-9(10)11(15)16)8-3-4-13-14-6-8;5-4-1-2-6-7-3-4;1-6-8(4)9(5)7(2)3/h5-7H,1-4H3,(H,16,17);1-6H,(H,15,16);1-3H;/q;;;-1. The van der Waals surface area contributed by atoms with E-state index in [1.165, 1.54) is 36.7 Å². The molecule has 1 aliphatic rings. The molecule has 2 aromatic heterocycles. The molecule has 1 aliphatic heterocycles. The van der Waals surface area contributed by atoms with Crippen LogP contribution in [-0.4, -0.2) is 60.9 Å². The maximum absolute atomic E-state index is 13.3. The second kappa shape index (κ2) is 24.4. The number of rotatable bonds is 7. The van der Waals surface area contributed by atoms with Crippen molar-refractivity contribution in [3.8, 4) is 11.1 Å². The van der Waals surface area contributed by atoms with Crippen molar-refractivity contribution in [3.63, 3.8) is 0 Å². The van der Waals surface area contributed by atoms with Gasteiger partial charge in [0.15, 0.2) is 0 Å². The molecule has 4 aromatic rings. The summed E-state index contributed by atoms with van der Waals surface area (Å²) in [7, 11) is -1.49. The zero-order valence-corrected chi connectivity index (χ0v) is 47.4. The summed E-state index contributed by atoms with van der Waals surface area (Å²) in [5, 5.41) is 32.1. The summed E-state index contributed by atoms with van der Waals surface area (Å²) in [4.78, 5) is 21.7. The normalized spacial score (nSPS) is 14.7. The van der Waals surface area contributed by atoms with Crippen LogP contribution >= 0.6 is 133 Å². The summed E-state index contributed by atoms with van der Waals surface area (Å²) < 4.78 is 39.0. The topological polar surface area (TPSA) is 145 Å². The Morgan fingerprint density at radius 2 is 1.29 bits per heavy atom. The largest absolute Gasteiger partial charge is 0.478 e. The maximum atomic E-state index is 13.3. The summed E-state index contributed by atoms with van der Waals surface area (Å²) in [6.45, 7) is 7.59. The number of halogens is 12. The van der Waals surface area contributed by atoms with Crippen molar-refractivity contribution in [3.05, 3.63) is 101 Å². The van der Waals surface area contributed by atoms with Gasteiger partial charge in [-0.3, -0.25) is 0 Å². The Kier molecular flexibility index (Phi) is 23.7. The molecule has 23 heteroatoms. The van der Waals surface area contributed by atoms with Gasteiger partial charge in [0.1, 0.15) is 11.6 Å². The third-order valence-corrected chi connectivity index (χ3v) is 420. The first-order valence-electron chi connectivity index (χ1n) is 13.5. The minimum absolute atomic E-state index is 0.226. The number of benzene rings is 2. The molecule has 0 amide bonds. The van der Waals surface area contributed by atoms with Gasteiger partial charge in [-0.25, -0.2) is 18.4 Å². The molecule has 1 saturated heterocycles. The minimum Gasteiger partial charge on any atom is -0.478 e. The first-order valence-corrected chi connectivity index (χ1v) is 64.5. The van der Waals surface area contributed by atoms with E-state index >= 15 is 0 Å². The fourth-order valence-corrected chi connectivity index (χ4v) is 632. The first kappa shape index (κ1) is 49.6. The predicted molar refractivity (Wildman–Crippen MR) is 265 cm³/mol. The van der Waals surface area contributed by atoms with E-state index in [-0.39, 0.29) is 34.8 Å². The molecule has 1 fully saturated rings. The molecule has 0 spiro atoms. The third kappa shape index (κ3) is 16.7. The van der Waals surface area contributed by atoms with Crippen LogP contribution in [0.15, 0.2) is 77.8 Å². The molecule has 51 heavy (non-hydrogen) atoms. The van der Waals surface area contributed by atoms with Gasteiger partial charge in [0.25, 0.3) is 0 Å². The van der Waals surface area contributed by atoms with Gasteiger partial charge < -0.3 is 19.5 Å². The average molecular weight is 1790 g/mol. The number of carboxylic acid groups (broad SMARTS) is 2. The van der Waals surface area contributed by atoms with Gasteiger partial charge in [-0.1, -0.05) is 12.1 Å². The summed E-state index contributed by atoms with van der Waals surface area (Å²) >= 11 is 17.8. The Bertz CT molecular complexity index is 1730. The maximum Gasteiger partial charge on any atom is 0.338 e. The smallest absolute Gasteiger partial charge is 0.338 e. The summed E-state index contributed by atoms with van der Waals surface area (Å²) in [6, 6.07) is 11.2. The molecule has 282 valence electrons. The van der Waals surface area contributed by atoms with E-state index in [9.17, 15) is 18.4 Å². The molecule has 2 N–H and O–H groups in total. The van der Waals surface area contributed by atoms with E-state index in [4.69, 9.17) is 19.5 Å². The Labute approximate surface area is 371 Å². The van der Waals surface area contributed by atoms with Crippen LogP contribution in [0.5, 0.6) is 0 Å². The zero-order chi connectivity index (χ0) is 38.5. The molecule has 0 bridgehead atoms. The van der Waals surface area contributed by atoms with Crippen LogP contribution in [0.4, 0.5) is 8.78 Å². The Morgan fingerprint density at radius 3 is 1.69 bits per heavy atom. The van der Waals surface area contributed by atoms with Gasteiger partial charge in [-0.2, -0.15) is 20.4 Å². The fraction of sp³-hybridized carbons (Fsp3) is 0.214. The van der Waals surface area contributed by atoms with Crippen LogP contribution in [0, 0.1) is 11.6 Å². The number of carboxylic acids is 2. The van der Waals surface area contributed by atoms with Crippen LogP contribution in [0.1, 0.15) is 48.4 Å². The number of aromatic carboxylic acids is 2. The van der Waals surface area contributed by atoms with Gasteiger partial charge in [0.2, 0.25) is 0 Å². The van der Waals surface area contributed by atoms with E-state index in [1.54, 1.807) is 18.5 Å². The molecule has 0 unspecified atom stereocenters. The van der Waals surface area contributed by atoms with Gasteiger partial charge in [0, 0.05) is 10.0 Å². The van der Waals surface area contributed by atoms with Crippen molar-refractivity contribution >= 4 is 157 Å². The van der Waals surface area contributed by atoms with Gasteiger partial charge in [-0.05, 0) is 91.0 Å². The number of carbonyl (C=O) groups is 2. The second-order valence-corrected chi connectivity index (χ2v) is 174. The first-order chi connectivity index (χ1) is 23.8. The molecule has 0 radical (unpaired) electrons. The van der Waals surface area contributed by atoms with E-state index in [2.05, 4.69) is 129 Å². The molecule has 0 atom stereocenters. The quantitative estimate of drug-likeness (QED) is 0.136. The van der Waals surface area contributed by atoms with Crippen LogP contribution in [-0.2, 0) is 9.31 Å². The van der Waals surface area contributed by atoms with Crippen LogP contribution in [0.2, 0.25) is 0 Å². The van der Waals surface area contributed by atoms with Crippen LogP contribution in [0.25, 0.3) is 11.1 Å². The van der Waals surface area contributed by atoms with Crippen LogP contribution < -0.4 is 18.7 Å². The van der Waals surface area contributed by atoms with E-state index in [0.29, 0.717) is 29.8 Å². The molecular weight excluding hydrogens is 1760 g/mol. The summed E-state index contributed by atoms with van der Waals surface area (Å²) in [5.74, 6) is -4.12. The van der Waals surface area contributed by atoms with Crippen LogP contribution in [0.3, 0.4) is 0 Å². The van der Waals surface area contributed by atoms with Gasteiger partial charge in [0.05, 0.1) is 47.1 Å². The van der Waals surface area contributed by atoms with Gasteiger partial charge >= 0.3 is 149 Å². The minimum atomic E-state index is -1.31. The van der Waals surface area contributed by atoms with Crippen molar-refractivity contribution < 1.29 is 51.1 Å². The Hall–Kier alpha value is 2.43. The number of hydrogen-bond donors (Lipinski definition) is 2. The SMILES string of the molecule is Brc1ccnnc1.CC1(C)OB(c2ccc(F)c(C(=O)O)c2)OC1(C)C.I[I-]I(I)I(I)I(I)I.O=C(O)c1cc(-c2ccnnc2)ccc1F. The predicted octanol–water partition coefficient (Wildman–Crippen LogP) is 9.13. The summed E-state index contributed by atoms with van der Waals surface area (Å²) in [5.41, 5.74) is 0.00963. The second-order valence-electron chi connectivity index (χ2n) is 10.4. The van der Waals surface area contributed by atoms with E-state index < -0.39 is 41.9 Å². The molecule has 2 aromatic carbocycles. The fourth-order valence-electron chi connectivity index (χ4n) is 3.48. The van der Waals surface area contributed by atoms with Crippen molar-refractivity contribution in [1.82, 2.24) is 20.4 Å². The van der Waals surface area contributed by atoms with Crippen molar-refractivity contribution in [2.24, 2.45) is 0 Å². The number of aromatic nitrogens is 4. The number of hydrogen-bond acceptors (Lipinski definition) is 8.